The summed E-state index contributed by atoms with van der Waals surface area (Å²) in [4.78, 5) is 24.1. The molecule has 2 aromatic carbocycles. The van der Waals surface area contributed by atoms with Crippen LogP contribution in [0.2, 0.25) is 0 Å². The first-order valence-electron chi connectivity index (χ1n) is 8.68. The van der Waals surface area contributed by atoms with Gasteiger partial charge in [0.25, 0.3) is 5.91 Å². The number of rotatable bonds is 6. The molecule has 2 rings (SSSR count). The molecule has 0 aliphatic carbocycles. The van der Waals surface area contributed by atoms with Crippen molar-refractivity contribution < 1.29 is 14.3 Å². The summed E-state index contributed by atoms with van der Waals surface area (Å²) in [5, 5.41) is 2.53. The minimum atomic E-state index is -0.375. The van der Waals surface area contributed by atoms with E-state index in [0.29, 0.717) is 11.3 Å². The molecule has 27 heavy (non-hydrogen) atoms. The maximum Gasteiger partial charge on any atom is 0.257 e. The highest BCUT2D eigenvalue weighted by atomic mass is 32.1. The predicted molar refractivity (Wildman–Crippen MR) is 108 cm³/mol. The second-order valence-corrected chi connectivity index (χ2v) is 6.39. The SMILES string of the molecule is CCC(C)Oc1ccc(C(=O)NC(=S)NNC(=O)Cc2ccccc2)cc1. The van der Waals surface area contributed by atoms with Gasteiger partial charge in [-0.3, -0.25) is 25.8 Å². The molecule has 1 atom stereocenters. The van der Waals surface area contributed by atoms with Gasteiger partial charge in [-0.1, -0.05) is 37.3 Å². The summed E-state index contributed by atoms with van der Waals surface area (Å²) < 4.78 is 5.68. The smallest absolute Gasteiger partial charge is 0.257 e. The zero-order valence-electron chi connectivity index (χ0n) is 15.3. The fourth-order valence-corrected chi connectivity index (χ4v) is 2.30. The molecule has 0 saturated carbocycles. The summed E-state index contributed by atoms with van der Waals surface area (Å²) in [6, 6.07) is 16.1. The molecule has 2 amide bonds. The van der Waals surface area contributed by atoms with Gasteiger partial charge >= 0.3 is 0 Å². The molecule has 0 radical (unpaired) electrons. The van der Waals surface area contributed by atoms with Gasteiger partial charge in [-0.05, 0) is 55.4 Å². The third-order valence-corrected chi connectivity index (χ3v) is 3.98. The third kappa shape index (κ3) is 7.07. The van der Waals surface area contributed by atoms with Crippen LogP contribution in [0.4, 0.5) is 0 Å². The summed E-state index contributed by atoms with van der Waals surface area (Å²) in [5.74, 6) is 0.0685. The van der Waals surface area contributed by atoms with Crippen LogP contribution in [-0.4, -0.2) is 23.0 Å². The van der Waals surface area contributed by atoms with Crippen molar-refractivity contribution in [2.24, 2.45) is 0 Å². The highest BCUT2D eigenvalue weighted by Crippen LogP contribution is 2.14. The lowest BCUT2D eigenvalue weighted by atomic mass is 10.1. The van der Waals surface area contributed by atoms with Gasteiger partial charge in [0.1, 0.15) is 5.75 Å². The Balaban J connectivity index is 1.77. The predicted octanol–water partition coefficient (Wildman–Crippen LogP) is 2.74. The van der Waals surface area contributed by atoms with E-state index in [2.05, 4.69) is 16.2 Å². The van der Waals surface area contributed by atoms with E-state index in [1.165, 1.54) is 0 Å². The molecule has 6 nitrogen and oxygen atoms in total. The molecule has 7 heteroatoms. The average Bonchev–Trinajstić information content (AvgIpc) is 2.67. The van der Waals surface area contributed by atoms with Gasteiger partial charge in [-0.15, -0.1) is 0 Å². The molecule has 0 fully saturated rings. The zero-order valence-corrected chi connectivity index (χ0v) is 16.1. The van der Waals surface area contributed by atoms with Crippen LogP contribution < -0.4 is 20.9 Å². The Morgan fingerprint density at radius 3 is 2.33 bits per heavy atom. The Bertz CT molecular complexity index is 779. The number of thiocarbonyl (C=S) groups is 1. The molecular weight excluding hydrogens is 362 g/mol. The monoisotopic (exact) mass is 385 g/mol. The Labute approximate surface area is 164 Å². The van der Waals surface area contributed by atoms with Gasteiger partial charge < -0.3 is 4.74 Å². The lowest BCUT2D eigenvalue weighted by Crippen LogP contribution is -2.48. The van der Waals surface area contributed by atoms with Crippen molar-refractivity contribution in [2.75, 3.05) is 0 Å². The Hall–Kier alpha value is -2.93. The molecule has 0 spiro atoms. The second kappa shape index (κ2) is 10.3. The zero-order chi connectivity index (χ0) is 19.6. The highest BCUT2D eigenvalue weighted by molar-refractivity contribution is 7.80. The molecule has 0 bridgehead atoms. The number of ether oxygens (including phenoxy) is 1. The van der Waals surface area contributed by atoms with Crippen LogP contribution in [0.25, 0.3) is 0 Å². The summed E-state index contributed by atoms with van der Waals surface area (Å²) in [5.41, 5.74) is 6.30. The van der Waals surface area contributed by atoms with E-state index in [4.69, 9.17) is 17.0 Å². The lowest BCUT2D eigenvalue weighted by Gasteiger charge is -2.13. The van der Waals surface area contributed by atoms with Crippen LogP contribution in [-0.2, 0) is 11.2 Å². The van der Waals surface area contributed by atoms with Gasteiger partial charge in [0.2, 0.25) is 5.91 Å². The number of carbonyl (C=O) groups is 2. The number of nitrogens with one attached hydrogen (secondary N) is 3. The van der Waals surface area contributed by atoms with Crippen LogP contribution in [0.1, 0.15) is 36.2 Å². The molecule has 0 saturated heterocycles. The lowest BCUT2D eigenvalue weighted by molar-refractivity contribution is -0.121. The standard InChI is InChI=1S/C20H23N3O3S/c1-3-14(2)26-17-11-9-16(10-12-17)19(25)21-20(27)23-22-18(24)13-15-7-5-4-6-8-15/h4-12,14H,3,13H2,1-2H3,(H,22,24)(H2,21,23,25,27). The maximum atomic E-state index is 12.2. The van der Waals surface area contributed by atoms with Crippen molar-refractivity contribution in [3.8, 4) is 5.75 Å². The van der Waals surface area contributed by atoms with Crippen LogP contribution >= 0.6 is 12.2 Å². The average molecular weight is 385 g/mol. The van der Waals surface area contributed by atoms with E-state index in [0.717, 1.165) is 12.0 Å². The second-order valence-electron chi connectivity index (χ2n) is 5.98. The first kappa shape index (κ1) is 20.4. The molecule has 0 aromatic heterocycles. The topological polar surface area (TPSA) is 79.5 Å². The number of benzene rings is 2. The largest absolute Gasteiger partial charge is 0.491 e. The summed E-state index contributed by atoms with van der Waals surface area (Å²) in [6.45, 7) is 4.02. The summed E-state index contributed by atoms with van der Waals surface area (Å²) in [7, 11) is 0. The molecule has 142 valence electrons. The maximum absolute atomic E-state index is 12.2. The molecule has 0 heterocycles. The van der Waals surface area contributed by atoms with Crippen molar-refractivity contribution in [2.45, 2.75) is 32.8 Å². The van der Waals surface area contributed by atoms with Crippen molar-refractivity contribution in [1.29, 1.82) is 0 Å². The van der Waals surface area contributed by atoms with Gasteiger partial charge in [-0.25, -0.2) is 0 Å². The van der Waals surface area contributed by atoms with E-state index in [9.17, 15) is 9.59 Å². The number of hydrazine groups is 1. The van der Waals surface area contributed by atoms with Gasteiger partial charge in [0.05, 0.1) is 12.5 Å². The molecular formula is C20H23N3O3S. The molecule has 3 N–H and O–H groups in total. The van der Waals surface area contributed by atoms with Crippen molar-refractivity contribution in [3.63, 3.8) is 0 Å². The minimum Gasteiger partial charge on any atom is -0.491 e. The Morgan fingerprint density at radius 1 is 1.04 bits per heavy atom. The highest BCUT2D eigenvalue weighted by Gasteiger charge is 2.10. The number of hydrogen-bond acceptors (Lipinski definition) is 4. The summed E-state index contributed by atoms with van der Waals surface area (Å²) >= 11 is 5.03. The first-order valence-corrected chi connectivity index (χ1v) is 9.09. The van der Waals surface area contributed by atoms with E-state index in [1.54, 1.807) is 24.3 Å². The van der Waals surface area contributed by atoms with Gasteiger partial charge in [-0.2, -0.15) is 0 Å². The number of hydrogen-bond donors (Lipinski definition) is 3. The molecule has 2 aromatic rings. The quantitative estimate of drug-likeness (QED) is 0.526. The minimum absolute atomic E-state index is 0.0151. The fraction of sp³-hybridized carbons (Fsp3) is 0.250. The van der Waals surface area contributed by atoms with Crippen LogP contribution in [0.5, 0.6) is 5.75 Å². The van der Waals surface area contributed by atoms with Crippen molar-refractivity contribution in [1.82, 2.24) is 16.2 Å². The van der Waals surface area contributed by atoms with E-state index < -0.39 is 0 Å². The molecule has 0 aliphatic heterocycles. The van der Waals surface area contributed by atoms with E-state index >= 15 is 0 Å². The fourth-order valence-electron chi connectivity index (χ4n) is 2.16. The van der Waals surface area contributed by atoms with Crippen LogP contribution in [0.3, 0.4) is 0 Å². The van der Waals surface area contributed by atoms with Gasteiger partial charge in [0, 0.05) is 5.56 Å². The Morgan fingerprint density at radius 2 is 1.70 bits per heavy atom. The van der Waals surface area contributed by atoms with Crippen molar-refractivity contribution in [3.05, 3.63) is 65.7 Å². The first-order chi connectivity index (χ1) is 13.0. The van der Waals surface area contributed by atoms with Crippen LogP contribution in [0, 0.1) is 0 Å². The normalized spacial score (nSPS) is 11.2. The van der Waals surface area contributed by atoms with Crippen LogP contribution in [0.15, 0.2) is 54.6 Å². The summed E-state index contributed by atoms with van der Waals surface area (Å²) in [6.07, 6.45) is 1.22. The Kier molecular flexibility index (Phi) is 7.76. The molecule has 1 unspecified atom stereocenters. The third-order valence-electron chi connectivity index (χ3n) is 3.78. The van der Waals surface area contributed by atoms with Gasteiger partial charge in [0.15, 0.2) is 5.11 Å². The number of carbonyl (C=O) groups excluding carboxylic acids is 2. The van der Waals surface area contributed by atoms with Crippen molar-refractivity contribution >= 4 is 29.1 Å². The molecule has 0 aliphatic rings. The van der Waals surface area contributed by atoms with E-state index in [-0.39, 0.29) is 29.5 Å². The van der Waals surface area contributed by atoms with E-state index in [1.807, 2.05) is 44.2 Å². The number of amides is 2.